The third kappa shape index (κ3) is 5.03. The Bertz CT molecular complexity index is 1010. The van der Waals surface area contributed by atoms with Gasteiger partial charge in [-0.25, -0.2) is 4.98 Å². The molecule has 0 aliphatic heterocycles. The summed E-state index contributed by atoms with van der Waals surface area (Å²) in [4.78, 5) is 31.5. The van der Waals surface area contributed by atoms with Gasteiger partial charge in [-0.05, 0) is 44.2 Å². The van der Waals surface area contributed by atoms with Crippen LogP contribution in [-0.4, -0.2) is 45.9 Å². The Balaban J connectivity index is 1.74. The maximum Gasteiger partial charge on any atom is 0.251 e. The average molecular weight is 457 g/mol. The molecule has 2 aromatic carbocycles. The first-order valence-electron chi connectivity index (χ1n) is 9.79. The third-order valence-corrected chi connectivity index (χ3v) is 5.36. The molecular weight excluding hydrogens is 432 g/mol. The molecule has 0 unspecified atom stereocenters. The quantitative estimate of drug-likeness (QED) is 0.562. The van der Waals surface area contributed by atoms with Crippen LogP contribution in [0.4, 0.5) is 0 Å². The topological polar surface area (TPSA) is 67.2 Å². The molecule has 0 spiro atoms. The summed E-state index contributed by atoms with van der Waals surface area (Å²) in [5.74, 6) is 0.729. The third-order valence-electron chi connectivity index (χ3n) is 4.86. The van der Waals surface area contributed by atoms with Gasteiger partial charge in [0.15, 0.2) is 0 Å². The number of fused-ring (bicyclic) bond motifs is 1. The molecule has 0 bridgehead atoms. The van der Waals surface area contributed by atoms with E-state index in [2.05, 4.69) is 21.2 Å². The van der Waals surface area contributed by atoms with E-state index in [1.807, 2.05) is 59.7 Å². The number of halogens is 1. The minimum Gasteiger partial charge on any atom is -0.352 e. The van der Waals surface area contributed by atoms with Crippen molar-refractivity contribution in [1.29, 1.82) is 0 Å². The number of hydrogen-bond donors (Lipinski definition) is 1. The number of rotatable bonds is 8. The molecule has 0 aliphatic rings. The van der Waals surface area contributed by atoms with Gasteiger partial charge in [0.2, 0.25) is 5.91 Å². The molecule has 3 aromatic rings. The van der Waals surface area contributed by atoms with Crippen LogP contribution in [0.1, 0.15) is 30.0 Å². The van der Waals surface area contributed by atoms with Crippen LogP contribution in [0.3, 0.4) is 0 Å². The van der Waals surface area contributed by atoms with Gasteiger partial charge >= 0.3 is 0 Å². The highest BCUT2D eigenvalue weighted by molar-refractivity contribution is 9.10. The molecule has 0 atom stereocenters. The van der Waals surface area contributed by atoms with Crippen molar-refractivity contribution in [3.63, 3.8) is 0 Å². The van der Waals surface area contributed by atoms with E-state index in [0.29, 0.717) is 31.6 Å². The second-order valence-corrected chi connectivity index (χ2v) is 7.60. The van der Waals surface area contributed by atoms with Gasteiger partial charge in [-0.1, -0.05) is 34.1 Å². The molecule has 0 saturated heterocycles. The van der Waals surface area contributed by atoms with Crippen LogP contribution in [-0.2, 0) is 17.8 Å². The lowest BCUT2D eigenvalue weighted by Crippen LogP contribution is -2.34. The lowest BCUT2D eigenvalue weighted by molar-refractivity contribution is -0.131. The van der Waals surface area contributed by atoms with Gasteiger partial charge in [0.1, 0.15) is 12.4 Å². The molecular formula is C22H25BrN4O2. The summed E-state index contributed by atoms with van der Waals surface area (Å²) in [6, 6.07) is 15.1. The summed E-state index contributed by atoms with van der Waals surface area (Å²) < 4.78 is 2.82. The maximum atomic E-state index is 12.7. The highest BCUT2D eigenvalue weighted by atomic mass is 79.9. The lowest BCUT2D eigenvalue weighted by atomic mass is 10.2. The summed E-state index contributed by atoms with van der Waals surface area (Å²) in [6.45, 7) is 6.00. The highest BCUT2D eigenvalue weighted by Crippen LogP contribution is 2.17. The monoisotopic (exact) mass is 456 g/mol. The summed E-state index contributed by atoms with van der Waals surface area (Å²) >= 11 is 3.38. The SMILES string of the molecule is CCN(CC)C(=O)Cn1c(CCNC(=O)c2cccc(Br)c2)nc2ccccc21. The van der Waals surface area contributed by atoms with E-state index in [-0.39, 0.29) is 18.4 Å². The van der Waals surface area contributed by atoms with Crippen molar-refractivity contribution in [3.8, 4) is 0 Å². The molecule has 0 fully saturated rings. The smallest absolute Gasteiger partial charge is 0.251 e. The van der Waals surface area contributed by atoms with Gasteiger partial charge < -0.3 is 14.8 Å². The van der Waals surface area contributed by atoms with Gasteiger partial charge in [0, 0.05) is 36.1 Å². The predicted molar refractivity (Wildman–Crippen MR) is 118 cm³/mol. The summed E-state index contributed by atoms with van der Waals surface area (Å²) in [5.41, 5.74) is 2.39. The van der Waals surface area contributed by atoms with Crippen molar-refractivity contribution in [2.45, 2.75) is 26.8 Å². The zero-order valence-corrected chi connectivity index (χ0v) is 18.3. The molecule has 29 heavy (non-hydrogen) atoms. The van der Waals surface area contributed by atoms with Crippen molar-refractivity contribution >= 4 is 38.8 Å². The summed E-state index contributed by atoms with van der Waals surface area (Å²) in [6.07, 6.45) is 0.542. The van der Waals surface area contributed by atoms with Crippen molar-refractivity contribution < 1.29 is 9.59 Å². The molecule has 0 radical (unpaired) electrons. The van der Waals surface area contributed by atoms with Crippen molar-refractivity contribution in [1.82, 2.24) is 19.8 Å². The Kier molecular flexibility index (Phi) is 7.04. The minimum absolute atomic E-state index is 0.0672. The fraction of sp³-hybridized carbons (Fsp3) is 0.318. The Morgan fingerprint density at radius 3 is 2.59 bits per heavy atom. The van der Waals surface area contributed by atoms with Gasteiger partial charge in [-0.15, -0.1) is 0 Å². The molecule has 1 heterocycles. The average Bonchev–Trinajstić information content (AvgIpc) is 3.06. The first-order chi connectivity index (χ1) is 14.0. The van der Waals surface area contributed by atoms with Crippen molar-refractivity contribution in [2.24, 2.45) is 0 Å². The zero-order valence-electron chi connectivity index (χ0n) is 16.7. The molecule has 0 saturated carbocycles. The number of imidazole rings is 1. The fourth-order valence-electron chi connectivity index (χ4n) is 3.32. The second-order valence-electron chi connectivity index (χ2n) is 6.69. The van der Waals surface area contributed by atoms with E-state index in [1.165, 1.54) is 0 Å². The predicted octanol–water partition coefficient (Wildman–Crippen LogP) is 3.64. The highest BCUT2D eigenvalue weighted by Gasteiger charge is 2.16. The van der Waals surface area contributed by atoms with E-state index < -0.39 is 0 Å². The first-order valence-corrected chi connectivity index (χ1v) is 10.6. The van der Waals surface area contributed by atoms with Crippen LogP contribution in [0.15, 0.2) is 53.0 Å². The number of carbonyl (C=O) groups excluding carboxylic acids is 2. The molecule has 7 heteroatoms. The van der Waals surface area contributed by atoms with Gasteiger partial charge in [0.25, 0.3) is 5.91 Å². The van der Waals surface area contributed by atoms with Gasteiger partial charge in [-0.2, -0.15) is 0 Å². The molecule has 0 aliphatic carbocycles. The van der Waals surface area contributed by atoms with Crippen LogP contribution in [0.25, 0.3) is 11.0 Å². The van der Waals surface area contributed by atoms with E-state index in [1.54, 1.807) is 12.1 Å². The van der Waals surface area contributed by atoms with E-state index in [0.717, 1.165) is 21.3 Å². The van der Waals surface area contributed by atoms with Gasteiger partial charge in [-0.3, -0.25) is 9.59 Å². The zero-order chi connectivity index (χ0) is 20.8. The number of benzene rings is 2. The number of nitrogens with one attached hydrogen (secondary N) is 1. The van der Waals surface area contributed by atoms with E-state index >= 15 is 0 Å². The van der Waals surface area contributed by atoms with Crippen LogP contribution < -0.4 is 5.32 Å². The van der Waals surface area contributed by atoms with E-state index in [9.17, 15) is 9.59 Å². The van der Waals surface area contributed by atoms with Crippen molar-refractivity contribution in [2.75, 3.05) is 19.6 Å². The van der Waals surface area contributed by atoms with Crippen LogP contribution in [0.5, 0.6) is 0 Å². The largest absolute Gasteiger partial charge is 0.352 e. The summed E-state index contributed by atoms with van der Waals surface area (Å²) in [5, 5.41) is 2.94. The standard InChI is InChI=1S/C22H25BrN4O2/c1-3-26(4-2)21(28)15-27-19-11-6-5-10-18(19)25-20(27)12-13-24-22(29)16-8-7-9-17(23)14-16/h5-11,14H,3-4,12-13,15H2,1-2H3,(H,24,29). The van der Waals surface area contributed by atoms with Crippen LogP contribution in [0.2, 0.25) is 0 Å². The normalized spacial score (nSPS) is 10.9. The second kappa shape index (κ2) is 9.69. The molecule has 6 nitrogen and oxygen atoms in total. The summed E-state index contributed by atoms with van der Waals surface area (Å²) in [7, 11) is 0. The number of nitrogens with zero attached hydrogens (tertiary/aromatic N) is 3. The number of likely N-dealkylation sites (N-methyl/N-ethyl adjacent to an activating group) is 1. The Hall–Kier alpha value is -2.67. The maximum absolute atomic E-state index is 12.7. The number of aromatic nitrogens is 2. The van der Waals surface area contributed by atoms with Crippen LogP contribution in [0, 0.1) is 0 Å². The van der Waals surface area contributed by atoms with Crippen molar-refractivity contribution in [3.05, 3.63) is 64.4 Å². The van der Waals surface area contributed by atoms with Crippen LogP contribution >= 0.6 is 15.9 Å². The molecule has 3 rings (SSSR count). The number of para-hydroxylation sites is 2. The lowest BCUT2D eigenvalue weighted by Gasteiger charge is -2.20. The minimum atomic E-state index is -0.131. The Morgan fingerprint density at radius 1 is 1.10 bits per heavy atom. The molecule has 1 N–H and O–H groups in total. The number of carbonyl (C=O) groups is 2. The fourth-order valence-corrected chi connectivity index (χ4v) is 3.72. The first kappa shape index (κ1) is 21.0. The molecule has 152 valence electrons. The molecule has 1 aromatic heterocycles. The Labute approximate surface area is 179 Å². The van der Waals surface area contributed by atoms with Gasteiger partial charge in [0.05, 0.1) is 11.0 Å². The molecule has 2 amide bonds. The number of amides is 2. The number of hydrogen-bond acceptors (Lipinski definition) is 3. The van der Waals surface area contributed by atoms with E-state index in [4.69, 9.17) is 4.98 Å². The Morgan fingerprint density at radius 2 is 1.86 bits per heavy atom.